The van der Waals surface area contributed by atoms with Crippen LogP contribution in [-0.4, -0.2) is 77.8 Å². The summed E-state index contributed by atoms with van der Waals surface area (Å²) in [6, 6.07) is 15.5. The molecule has 0 bridgehead atoms. The van der Waals surface area contributed by atoms with E-state index in [2.05, 4.69) is 17.2 Å². The highest BCUT2D eigenvalue weighted by atomic mass is 16.6. The normalized spacial score (nSPS) is 12.0. The lowest BCUT2D eigenvalue weighted by Crippen LogP contribution is -2.35. The molecule has 0 atom stereocenters. The average molecular weight is 524 g/mol. The Morgan fingerprint density at radius 3 is 2.05 bits per heavy atom. The van der Waals surface area contributed by atoms with Crippen molar-refractivity contribution in [2.75, 3.05) is 70.8 Å². The van der Waals surface area contributed by atoms with Crippen LogP contribution in [0.1, 0.15) is 29.5 Å². The molecule has 9 nitrogen and oxygen atoms in total. The van der Waals surface area contributed by atoms with Gasteiger partial charge in [0.1, 0.15) is 0 Å². The Labute approximate surface area is 224 Å². The number of nitrogens with one attached hydrogen (secondary N) is 1. The fourth-order valence-electron chi connectivity index (χ4n) is 3.75. The van der Waals surface area contributed by atoms with Crippen LogP contribution in [0.15, 0.2) is 48.5 Å². The zero-order valence-electron chi connectivity index (χ0n) is 21.8. The van der Waals surface area contributed by atoms with E-state index in [1.165, 1.54) is 0 Å². The molecule has 0 saturated carbocycles. The van der Waals surface area contributed by atoms with Crippen molar-refractivity contribution in [1.82, 2.24) is 5.32 Å². The van der Waals surface area contributed by atoms with E-state index in [0.717, 1.165) is 22.4 Å². The van der Waals surface area contributed by atoms with Crippen LogP contribution < -0.4 is 16.0 Å². The molecular formula is C29H37N3O6. The number of para-hydroxylation sites is 1. The molecule has 2 amide bonds. The minimum Gasteiger partial charge on any atom is -0.379 e. The number of fused-ring (bicyclic) bond motifs is 2. The Bertz CT molecular complexity index is 1080. The molecule has 0 aromatic heterocycles. The summed E-state index contributed by atoms with van der Waals surface area (Å²) in [6.45, 7) is 4.80. The molecule has 1 aliphatic heterocycles. The predicted molar refractivity (Wildman–Crippen MR) is 145 cm³/mol. The van der Waals surface area contributed by atoms with E-state index in [-0.39, 0.29) is 37.8 Å². The molecular weight excluding hydrogens is 486 g/mol. The van der Waals surface area contributed by atoms with Crippen molar-refractivity contribution in [1.29, 1.82) is 0 Å². The van der Waals surface area contributed by atoms with E-state index >= 15 is 0 Å². The number of hydrogen-bond acceptors (Lipinski definition) is 7. The lowest BCUT2D eigenvalue weighted by atomic mass is 10.0. The van der Waals surface area contributed by atoms with E-state index in [1.54, 1.807) is 4.90 Å². The second kappa shape index (κ2) is 17.3. The highest BCUT2D eigenvalue weighted by Gasteiger charge is 2.21. The number of ether oxygens (including phenoxy) is 4. The van der Waals surface area contributed by atoms with E-state index in [4.69, 9.17) is 24.7 Å². The van der Waals surface area contributed by atoms with Crippen LogP contribution in [0.2, 0.25) is 0 Å². The lowest BCUT2D eigenvalue weighted by molar-refractivity contribution is -0.122. The number of anilines is 1. The van der Waals surface area contributed by atoms with Gasteiger partial charge in [-0.2, -0.15) is 0 Å². The molecule has 2 aromatic carbocycles. The zero-order chi connectivity index (χ0) is 26.8. The predicted octanol–water partition coefficient (Wildman–Crippen LogP) is 1.85. The second-order valence-electron chi connectivity index (χ2n) is 8.49. The number of amides is 2. The van der Waals surface area contributed by atoms with Gasteiger partial charge in [0.25, 0.3) is 0 Å². The van der Waals surface area contributed by atoms with E-state index in [0.29, 0.717) is 59.3 Å². The molecule has 1 heterocycles. The van der Waals surface area contributed by atoms with Gasteiger partial charge < -0.3 is 34.9 Å². The maximum Gasteiger partial charge on any atom is 0.229 e. The molecule has 2 aromatic rings. The number of rotatable bonds is 17. The maximum atomic E-state index is 13.2. The Balaban J connectivity index is 1.29. The Hall–Kier alpha value is -3.26. The third kappa shape index (κ3) is 10.2. The number of nitrogens with zero attached hydrogens (tertiary/aromatic N) is 1. The van der Waals surface area contributed by atoms with Gasteiger partial charge in [-0.1, -0.05) is 42.2 Å². The van der Waals surface area contributed by atoms with E-state index in [9.17, 15) is 9.59 Å². The first-order valence-electron chi connectivity index (χ1n) is 13.0. The lowest BCUT2D eigenvalue weighted by Gasteiger charge is -2.26. The average Bonchev–Trinajstić information content (AvgIpc) is 2.92. The van der Waals surface area contributed by atoms with Crippen LogP contribution in [-0.2, 0) is 35.1 Å². The molecule has 0 fully saturated rings. The highest BCUT2D eigenvalue weighted by molar-refractivity contribution is 5.95. The van der Waals surface area contributed by atoms with Gasteiger partial charge in [-0.25, -0.2) is 0 Å². The van der Waals surface area contributed by atoms with Crippen molar-refractivity contribution in [3.8, 4) is 11.8 Å². The van der Waals surface area contributed by atoms with Crippen molar-refractivity contribution in [2.24, 2.45) is 5.73 Å². The molecule has 1 aliphatic rings. The van der Waals surface area contributed by atoms with Crippen LogP contribution in [0, 0.1) is 11.8 Å². The smallest absolute Gasteiger partial charge is 0.229 e. The van der Waals surface area contributed by atoms with Gasteiger partial charge in [0, 0.05) is 37.1 Å². The summed E-state index contributed by atoms with van der Waals surface area (Å²) in [5.74, 6) is 6.17. The summed E-state index contributed by atoms with van der Waals surface area (Å²) in [5.41, 5.74) is 8.83. The van der Waals surface area contributed by atoms with Gasteiger partial charge in [0.2, 0.25) is 11.8 Å². The second-order valence-corrected chi connectivity index (χ2v) is 8.49. The minimum atomic E-state index is -0.159. The van der Waals surface area contributed by atoms with Gasteiger partial charge >= 0.3 is 0 Å². The number of benzene rings is 2. The summed E-state index contributed by atoms with van der Waals surface area (Å²) in [6.07, 6.45) is 0.404. The SMILES string of the molecule is NCCOCCOCCOCCOCCC(=O)NCCC(=O)N1Cc2ccccc2C#Cc2ccccc21. The van der Waals surface area contributed by atoms with E-state index < -0.39 is 0 Å². The third-order valence-electron chi connectivity index (χ3n) is 5.69. The van der Waals surface area contributed by atoms with Crippen LogP contribution in [0.5, 0.6) is 0 Å². The summed E-state index contributed by atoms with van der Waals surface area (Å²) >= 11 is 0. The number of hydrogen-bond donors (Lipinski definition) is 2. The monoisotopic (exact) mass is 523 g/mol. The third-order valence-corrected chi connectivity index (χ3v) is 5.69. The van der Waals surface area contributed by atoms with Gasteiger partial charge in [0.05, 0.1) is 65.1 Å². The highest BCUT2D eigenvalue weighted by Crippen LogP contribution is 2.25. The molecule has 0 unspecified atom stereocenters. The molecule has 9 heteroatoms. The molecule has 3 N–H and O–H groups in total. The summed E-state index contributed by atoms with van der Waals surface area (Å²) in [4.78, 5) is 27.1. The van der Waals surface area contributed by atoms with Gasteiger partial charge in [-0.15, -0.1) is 0 Å². The first kappa shape index (κ1) is 29.3. The molecule has 38 heavy (non-hydrogen) atoms. The fourth-order valence-corrected chi connectivity index (χ4v) is 3.75. The summed E-state index contributed by atoms with van der Waals surface area (Å²) in [7, 11) is 0. The zero-order valence-corrected chi connectivity index (χ0v) is 21.8. The van der Waals surface area contributed by atoms with Gasteiger partial charge in [0.15, 0.2) is 0 Å². The summed E-state index contributed by atoms with van der Waals surface area (Å²) < 4.78 is 21.4. The Kier molecular flexibility index (Phi) is 13.3. The maximum absolute atomic E-state index is 13.2. The van der Waals surface area contributed by atoms with Gasteiger partial charge in [-0.3, -0.25) is 9.59 Å². The molecule has 0 spiro atoms. The van der Waals surface area contributed by atoms with Crippen molar-refractivity contribution in [3.63, 3.8) is 0 Å². The van der Waals surface area contributed by atoms with E-state index in [1.807, 2.05) is 48.5 Å². The van der Waals surface area contributed by atoms with Crippen molar-refractivity contribution >= 4 is 17.5 Å². The minimum absolute atomic E-state index is 0.0725. The number of carbonyl (C=O) groups is 2. The molecule has 204 valence electrons. The van der Waals surface area contributed by atoms with Crippen molar-refractivity contribution in [3.05, 3.63) is 65.2 Å². The molecule has 0 saturated heterocycles. The largest absolute Gasteiger partial charge is 0.379 e. The quantitative estimate of drug-likeness (QED) is 0.240. The standard InChI is InChI=1S/C29H37N3O6/c30-13-16-36-18-20-38-22-21-37-19-17-35-15-12-28(33)31-14-11-29(34)32-23-26-7-2-1-5-24(26)9-10-25-6-3-4-8-27(25)32/h1-8H,11-23,30H2,(H,31,33). The Morgan fingerprint density at radius 1 is 0.763 bits per heavy atom. The fraction of sp³-hybridized carbons (Fsp3) is 0.448. The number of carbonyl (C=O) groups excluding carboxylic acids is 2. The van der Waals surface area contributed by atoms with Crippen LogP contribution >= 0.6 is 0 Å². The van der Waals surface area contributed by atoms with Crippen molar-refractivity contribution < 1.29 is 28.5 Å². The summed E-state index contributed by atoms with van der Waals surface area (Å²) in [5, 5.41) is 2.81. The first-order chi connectivity index (χ1) is 18.7. The van der Waals surface area contributed by atoms with Crippen LogP contribution in [0.3, 0.4) is 0 Å². The Morgan fingerprint density at radius 2 is 1.34 bits per heavy atom. The topological polar surface area (TPSA) is 112 Å². The molecule has 3 rings (SSSR count). The van der Waals surface area contributed by atoms with Crippen molar-refractivity contribution in [2.45, 2.75) is 19.4 Å². The first-order valence-corrected chi connectivity index (χ1v) is 13.0. The number of nitrogens with two attached hydrogens (primary N) is 1. The molecule has 0 aliphatic carbocycles. The van der Waals surface area contributed by atoms with Gasteiger partial charge in [-0.05, 0) is 23.8 Å². The van der Waals surface area contributed by atoms with Crippen LogP contribution in [0.4, 0.5) is 5.69 Å². The van der Waals surface area contributed by atoms with Crippen LogP contribution in [0.25, 0.3) is 0 Å². The molecule has 0 radical (unpaired) electrons.